The quantitative estimate of drug-likeness (QED) is 0.847. The summed E-state index contributed by atoms with van der Waals surface area (Å²) in [5, 5.41) is 12.6. The summed E-state index contributed by atoms with van der Waals surface area (Å²) in [5.74, 6) is -1.36. The van der Waals surface area contributed by atoms with Crippen molar-refractivity contribution in [1.29, 1.82) is 0 Å². The molecule has 0 bridgehead atoms. The van der Waals surface area contributed by atoms with Gasteiger partial charge >= 0.3 is 5.97 Å². The van der Waals surface area contributed by atoms with E-state index in [1.54, 1.807) is 12.4 Å². The molecular weight excluding hydrogens is 252 g/mol. The third-order valence-electron chi connectivity index (χ3n) is 3.33. The zero-order valence-electron chi connectivity index (χ0n) is 11.4. The minimum absolute atomic E-state index is 0.0866. The summed E-state index contributed by atoms with van der Waals surface area (Å²) in [6, 6.07) is 13.2. The van der Waals surface area contributed by atoms with E-state index in [4.69, 9.17) is 0 Å². The molecule has 4 heteroatoms. The van der Waals surface area contributed by atoms with Crippen LogP contribution in [0.25, 0.3) is 0 Å². The van der Waals surface area contributed by atoms with Gasteiger partial charge in [0.2, 0.25) is 0 Å². The number of aromatic nitrogens is 1. The molecule has 0 saturated heterocycles. The van der Waals surface area contributed by atoms with Crippen molar-refractivity contribution in [1.82, 2.24) is 10.3 Å². The van der Waals surface area contributed by atoms with Crippen LogP contribution in [0, 0.1) is 0 Å². The molecule has 0 radical (unpaired) electrons. The molecule has 1 aromatic carbocycles. The summed E-state index contributed by atoms with van der Waals surface area (Å²) in [6.45, 7) is 2.40. The van der Waals surface area contributed by atoms with Crippen molar-refractivity contribution in [3.8, 4) is 0 Å². The van der Waals surface area contributed by atoms with Crippen LogP contribution in [0.5, 0.6) is 0 Å². The van der Waals surface area contributed by atoms with Crippen LogP contribution in [0.3, 0.4) is 0 Å². The van der Waals surface area contributed by atoms with Gasteiger partial charge in [-0.1, -0.05) is 30.3 Å². The zero-order chi connectivity index (χ0) is 14.4. The fourth-order valence-corrected chi connectivity index (χ4v) is 2.10. The van der Waals surface area contributed by atoms with Crippen molar-refractivity contribution in [3.05, 3.63) is 66.0 Å². The van der Waals surface area contributed by atoms with E-state index in [2.05, 4.69) is 10.3 Å². The van der Waals surface area contributed by atoms with Crippen LogP contribution in [0.2, 0.25) is 0 Å². The lowest BCUT2D eigenvalue weighted by atomic mass is 9.98. The zero-order valence-corrected chi connectivity index (χ0v) is 11.4. The number of carbonyl (C=O) groups is 1. The third-order valence-corrected chi connectivity index (χ3v) is 3.33. The molecule has 0 aliphatic carbocycles. The molecule has 4 nitrogen and oxygen atoms in total. The standard InChI is InChI=1S/C16H18N2O2/c1-12(13-7-9-17-10-8-13)18-11-15(16(19)20)14-5-3-2-4-6-14/h2-10,12,15,18H,11H2,1H3,(H,19,20)/t12-,15?/m0/s1. The first-order valence-electron chi connectivity index (χ1n) is 6.59. The minimum Gasteiger partial charge on any atom is -0.481 e. The Morgan fingerprint density at radius 2 is 1.80 bits per heavy atom. The summed E-state index contributed by atoms with van der Waals surface area (Å²) in [7, 11) is 0. The molecule has 20 heavy (non-hydrogen) atoms. The van der Waals surface area contributed by atoms with Crippen LogP contribution < -0.4 is 5.32 Å². The predicted octanol–water partition coefficient (Wildman–Crippen LogP) is 2.60. The number of hydrogen-bond donors (Lipinski definition) is 2. The molecule has 1 aromatic heterocycles. The monoisotopic (exact) mass is 270 g/mol. The minimum atomic E-state index is -0.814. The van der Waals surface area contributed by atoms with Gasteiger partial charge < -0.3 is 10.4 Å². The third kappa shape index (κ3) is 3.65. The Balaban J connectivity index is 2.02. The second-order valence-corrected chi connectivity index (χ2v) is 4.71. The van der Waals surface area contributed by atoms with Gasteiger partial charge in [-0.2, -0.15) is 0 Å². The topological polar surface area (TPSA) is 62.2 Å². The molecule has 104 valence electrons. The van der Waals surface area contributed by atoms with E-state index in [0.29, 0.717) is 6.54 Å². The smallest absolute Gasteiger partial charge is 0.312 e. The van der Waals surface area contributed by atoms with Gasteiger partial charge in [0, 0.05) is 25.0 Å². The molecule has 2 aromatic rings. The summed E-state index contributed by atoms with van der Waals surface area (Å²) in [4.78, 5) is 15.4. The molecule has 1 unspecified atom stereocenters. The highest BCUT2D eigenvalue weighted by Gasteiger charge is 2.20. The Hall–Kier alpha value is -2.20. The summed E-state index contributed by atoms with van der Waals surface area (Å²) < 4.78 is 0. The maximum atomic E-state index is 11.4. The summed E-state index contributed by atoms with van der Waals surface area (Å²) in [5.41, 5.74) is 1.91. The first-order chi connectivity index (χ1) is 9.68. The van der Waals surface area contributed by atoms with E-state index in [0.717, 1.165) is 11.1 Å². The molecule has 0 aliphatic rings. The summed E-state index contributed by atoms with van der Waals surface area (Å²) in [6.07, 6.45) is 3.47. The van der Waals surface area contributed by atoms with Crippen molar-refractivity contribution in [2.24, 2.45) is 0 Å². The number of carboxylic acid groups (broad SMARTS) is 1. The number of nitrogens with zero attached hydrogens (tertiary/aromatic N) is 1. The maximum Gasteiger partial charge on any atom is 0.312 e. The molecule has 1 heterocycles. The van der Waals surface area contributed by atoms with Gasteiger partial charge in [0.15, 0.2) is 0 Å². The van der Waals surface area contributed by atoms with Crippen LogP contribution in [0.1, 0.15) is 30.0 Å². The number of pyridine rings is 1. The lowest BCUT2D eigenvalue weighted by molar-refractivity contribution is -0.138. The van der Waals surface area contributed by atoms with E-state index in [9.17, 15) is 9.90 Å². The van der Waals surface area contributed by atoms with E-state index >= 15 is 0 Å². The van der Waals surface area contributed by atoms with Gasteiger partial charge in [-0.05, 0) is 30.2 Å². The Kier molecular flexibility index (Phi) is 4.85. The lowest BCUT2D eigenvalue weighted by Gasteiger charge is -2.18. The number of nitrogens with one attached hydrogen (secondary N) is 1. The number of carboxylic acids is 1. The molecule has 0 saturated carbocycles. The van der Waals surface area contributed by atoms with Gasteiger partial charge in [0.25, 0.3) is 0 Å². The normalized spacial score (nSPS) is 13.7. The number of rotatable bonds is 6. The van der Waals surface area contributed by atoms with Gasteiger partial charge in [0.05, 0.1) is 5.92 Å². The van der Waals surface area contributed by atoms with Crippen LogP contribution >= 0.6 is 0 Å². The Morgan fingerprint density at radius 1 is 1.15 bits per heavy atom. The Bertz CT molecular complexity index is 543. The van der Waals surface area contributed by atoms with Gasteiger partial charge in [0.1, 0.15) is 0 Å². The average molecular weight is 270 g/mol. The molecule has 0 fully saturated rings. The maximum absolute atomic E-state index is 11.4. The van der Waals surface area contributed by atoms with Crippen LogP contribution in [-0.4, -0.2) is 22.6 Å². The highest BCUT2D eigenvalue weighted by Crippen LogP contribution is 2.17. The van der Waals surface area contributed by atoms with Crippen molar-refractivity contribution in [3.63, 3.8) is 0 Å². The van der Waals surface area contributed by atoms with Crippen molar-refractivity contribution in [2.45, 2.75) is 18.9 Å². The van der Waals surface area contributed by atoms with Crippen molar-refractivity contribution in [2.75, 3.05) is 6.54 Å². The van der Waals surface area contributed by atoms with Crippen LogP contribution in [0.15, 0.2) is 54.9 Å². The molecular formula is C16H18N2O2. The fourth-order valence-electron chi connectivity index (χ4n) is 2.10. The van der Waals surface area contributed by atoms with Crippen molar-refractivity contribution < 1.29 is 9.90 Å². The second kappa shape index (κ2) is 6.82. The largest absolute Gasteiger partial charge is 0.481 e. The van der Waals surface area contributed by atoms with Crippen molar-refractivity contribution >= 4 is 5.97 Å². The van der Waals surface area contributed by atoms with Crippen LogP contribution in [0.4, 0.5) is 0 Å². The molecule has 0 spiro atoms. The van der Waals surface area contributed by atoms with E-state index < -0.39 is 11.9 Å². The molecule has 2 N–H and O–H groups in total. The van der Waals surface area contributed by atoms with Gasteiger partial charge in [-0.25, -0.2) is 0 Å². The molecule has 2 rings (SSSR count). The van der Waals surface area contributed by atoms with E-state index in [1.807, 2.05) is 49.4 Å². The number of hydrogen-bond acceptors (Lipinski definition) is 3. The Labute approximate surface area is 118 Å². The molecule has 2 atom stereocenters. The first kappa shape index (κ1) is 14.2. The second-order valence-electron chi connectivity index (χ2n) is 4.71. The predicted molar refractivity (Wildman–Crippen MR) is 77.5 cm³/mol. The van der Waals surface area contributed by atoms with Gasteiger partial charge in [-0.15, -0.1) is 0 Å². The molecule has 0 aliphatic heterocycles. The fraction of sp³-hybridized carbons (Fsp3) is 0.250. The summed E-state index contributed by atoms with van der Waals surface area (Å²) >= 11 is 0. The number of benzene rings is 1. The SMILES string of the molecule is C[C@H](NCC(C(=O)O)c1ccccc1)c1ccncc1. The lowest BCUT2D eigenvalue weighted by Crippen LogP contribution is -2.29. The van der Waals surface area contributed by atoms with Gasteiger partial charge in [-0.3, -0.25) is 9.78 Å². The average Bonchev–Trinajstić information content (AvgIpc) is 2.49. The van der Waals surface area contributed by atoms with Crippen LogP contribution in [-0.2, 0) is 4.79 Å². The van der Waals surface area contributed by atoms with E-state index in [1.165, 1.54) is 0 Å². The highest BCUT2D eigenvalue weighted by atomic mass is 16.4. The Morgan fingerprint density at radius 3 is 2.40 bits per heavy atom. The first-order valence-corrected chi connectivity index (χ1v) is 6.59. The highest BCUT2D eigenvalue weighted by molar-refractivity contribution is 5.76. The molecule has 0 amide bonds. The number of aliphatic carboxylic acids is 1. The van der Waals surface area contributed by atoms with E-state index in [-0.39, 0.29) is 6.04 Å².